The molecule has 9 heteroatoms. The quantitative estimate of drug-likeness (QED) is 0.229. The van der Waals surface area contributed by atoms with Gasteiger partial charge >= 0.3 is 5.97 Å². The number of methoxy groups -OCH3 is 1. The second kappa shape index (κ2) is 11.4. The molecule has 0 spiro atoms. The van der Waals surface area contributed by atoms with Gasteiger partial charge in [0.2, 0.25) is 0 Å². The van der Waals surface area contributed by atoms with Gasteiger partial charge in [-0.3, -0.25) is 4.79 Å². The number of carboxylic acid groups (broad SMARTS) is 1. The van der Waals surface area contributed by atoms with Crippen molar-refractivity contribution < 1.29 is 28.3 Å². The highest BCUT2D eigenvalue weighted by Gasteiger charge is 2.34. The molecular formula is C28H28FNO5S2. The average molecular weight is 542 g/mol. The molecule has 37 heavy (non-hydrogen) atoms. The summed E-state index contributed by atoms with van der Waals surface area (Å²) in [6.45, 7) is 2.11. The van der Waals surface area contributed by atoms with Crippen LogP contribution in [0, 0.1) is 18.7 Å². The van der Waals surface area contributed by atoms with E-state index in [0.29, 0.717) is 34.4 Å². The summed E-state index contributed by atoms with van der Waals surface area (Å²) in [6.07, 6.45) is 2.21. The number of carboxylic acids is 1. The van der Waals surface area contributed by atoms with Gasteiger partial charge in [-0.2, -0.15) is 13.5 Å². The van der Waals surface area contributed by atoms with E-state index >= 15 is 0 Å². The fourth-order valence-electron chi connectivity index (χ4n) is 4.46. The Morgan fingerprint density at radius 2 is 2.00 bits per heavy atom. The van der Waals surface area contributed by atoms with Crippen LogP contribution in [0.2, 0.25) is 0 Å². The van der Waals surface area contributed by atoms with Gasteiger partial charge < -0.3 is 19.1 Å². The maximum Gasteiger partial charge on any atom is 0.303 e. The van der Waals surface area contributed by atoms with Crippen molar-refractivity contribution in [1.82, 2.24) is 5.16 Å². The molecule has 1 saturated carbocycles. The van der Waals surface area contributed by atoms with Crippen molar-refractivity contribution in [3.05, 3.63) is 76.5 Å². The Morgan fingerprint density at radius 1 is 1.19 bits per heavy atom. The minimum atomic E-state index is -0.797. The lowest BCUT2D eigenvalue weighted by molar-refractivity contribution is -0.137. The lowest BCUT2D eigenvalue weighted by Crippen LogP contribution is -2.08. The predicted octanol–water partition coefficient (Wildman–Crippen LogP) is 7.19. The van der Waals surface area contributed by atoms with Crippen LogP contribution >= 0.6 is 24.8 Å². The number of benzene rings is 2. The van der Waals surface area contributed by atoms with Crippen molar-refractivity contribution in [2.45, 2.75) is 38.7 Å². The monoisotopic (exact) mass is 541 g/mol. The molecule has 0 radical (unpaired) electrons. The summed E-state index contributed by atoms with van der Waals surface area (Å²) in [7, 11) is 1.53. The molecule has 1 aliphatic carbocycles. The van der Waals surface area contributed by atoms with Crippen LogP contribution in [0.15, 0.2) is 59.1 Å². The molecule has 194 valence electrons. The Bertz CT molecular complexity index is 1390. The summed E-state index contributed by atoms with van der Waals surface area (Å²) in [4.78, 5) is 13.4. The first kappa shape index (κ1) is 26.8. The minimum Gasteiger partial charge on any atom is -0.497 e. The van der Waals surface area contributed by atoms with E-state index in [9.17, 15) is 14.3 Å². The van der Waals surface area contributed by atoms with E-state index in [1.807, 2.05) is 43.3 Å². The summed E-state index contributed by atoms with van der Waals surface area (Å²) in [5.41, 5.74) is 2.45. The number of thiophene rings is 1. The second-order valence-electron chi connectivity index (χ2n) is 8.99. The number of aliphatic carboxylic acids is 1. The Kier molecular flexibility index (Phi) is 8.24. The Morgan fingerprint density at radius 3 is 2.68 bits per heavy atom. The van der Waals surface area contributed by atoms with Crippen LogP contribution in [0.25, 0.3) is 21.8 Å². The number of carbonyl (C=O) groups is 1. The van der Waals surface area contributed by atoms with Gasteiger partial charge in [0, 0.05) is 9.75 Å². The summed E-state index contributed by atoms with van der Waals surface area (Å²) in [6, 6.07) is 16.0. The van der Waals surface area contributed by atoms with Gasteiger partial charge in [-0.15, -0.1) is 11.3 Å². The number of aromatic nitrogens is 1. The number of hydrogen-bond acceptors (Lipinski definition) is 6. The van der Waals surface area contributed by atoms with Gasteiger partial charge in [-0.05, 0) is 79.6 Å². The molecule has 1 aliphatic rings. The van der Waals surface area contributed by atoms with Crippen LogP contribution in [0.5, 0.6) is 11.5 Å². The first-order valence-electron chi connectivity index (χ1n) is 11.8. The van der Waals surface area contributed by atoms with E-state index < -0.39 is 11.8 Å². The zero-order valence-electron chi connectivity index (χ0n) is 20.5. The molecule has 1 fully saturated rings. The molecule has 6 nitrogen and oxygen atoms in total. The molecule has 4 aromatic rings. The van der Waals surface area contributed by atoms with Gasteiger partial charge in [0.15, 0.2) is 5.76 Å². The number of halogens is 1. The van der Waals surface area contributed by atoms with E-state index in [0.717, 1.165) is 28.2 Å². The molecular weight excluding hydrogens is 513 g/mol. The van der Waals surface area contributed by atoms with E-state index in [1.54, 1.807) is 23.5 Å². The standard InChI is InChI=1S/C28H26FNO5S.H2S/c1-16-6-11-25(36-16)27-24(30-35-28(27)22-13-19(33-2)9-10-23(22)29)15-34-20-5-3-4-18(12-20)21(14-26(31)32)17-7-8-17;/h3-6,9-13,17,21H,7-8,14-15H2,1-2H3,(H,31,32);1H2/t21-;/m0./s1. The third-order valence-electron chi connectivity index (χ3n) is 6.42. The smallest absolute Gasteiger partial charge is 0.303 e. The van der Waals surface area contributed by atoms with Crippen molar-refractivity contribution in [3.63, 3.8) is 0 Å². The predicted molar refractivity (Wildman–Crippen MR) is 145 cm³/mol. The fraction of sp³-hybridized carbons (Fsp3) is 0.286. The van der Waals surface area contributed by atoms with E-state index in [4.69, 9.17) is 14.0 Å². The largest absolute Gasteiger partial charge is 0.497 e. The van der Waals surface area contributed by atoms with Crippen LogP contribution in [0.4, 0.5) is 4.39 Å². The number of ether oxygens (including phenoxy) is 2. The van der Waals surface area contributed by atoms with Crippen molar-refractivity contribution >= 4 is 30.8 Å². The number of rotatable bonds is 10. The topological polar surface area (TPSA) is 81.8 Å². The fourth-order valence-corrected chi connectivity index (χ4v) is 5.40. The number of hydrogen-bond donors (Lipinski definition) is 1. The van der Waals surface area contributed by atoms with Gasteiger partial charge in [-0.25, -0.2) is 4.39 Å². The van der Waals surface area contributed by atoms with Crippen LogP contribution in [-0.4, -0.2) is 23.3 Å². The molecule has 2 heterocycles. The van der Waals surface area contributed by atoms with E-state index in [2.05, 4.69) is 5.16 Å². The van der Waals surface area contributed by atoms with E-state index in [1.165, 1.54) is 13.2 Å². The second-order valence-corrected chi connectivity index (χ2v) is 10.3. The highest BCUT2D eigenvalue weighted by molar-refractivity contribution is 7.59. The minimum absolute atomic E-state index is 0. The van der Waals surface area contributed by atoms with E-state index in [-0.39, 0.29) is 38.0 Å². The average Bonchev–Trinajstić information content (AvgIpc) is 3.49. The summed E-state index contributed by atoms with van der Waals surface area (Å²) >= 11 is 1.56. The first-order valence-corrected chi connectivity index (χ1v) is 12.6. The highest BCUT2D eigenvalue weighted by Crippen LogP contribution is 2.45. The molecule has 0 unspecified atom stereocenters. The first-order chi connectivity index (χ1) is 17.4. The third kappa shape index (κ3) is 5.99. The molecule has 1 N–H and O–H groups in total. The molecule has 0 amide bonds. The Hall–Kier alpha value is -3.30. The summed E-state index contributed by atoms with van der Waals surface area (Å²) in [5, 5.41) is 13.6. The van der Waals surface area contributed by atoms with Crippen LogP contribution < -0.4 is 9.47 Å². The summed E-state index contributed by atoms with van der Waals surface area (Å²) in [5.74, 6) is 0.591. The maximum absolute atomic E-state index is 14.8. The number of aryl methyl sites for hydroxylation is 1. The third-order valence-corrected chi connectivity index (χ3v) is 7.43. The van der Waals surface area contributed by atoms with Crippen molar-refractivity contribution in [2.24, 2.45) is 5.92 Å². The molecule has 0 bridgehead atoms. The normalized spacial score (nSPS) is 13.6. The maximum atomic E-state index is 14.8. The van der Waals surface area contributed by atoms with Crippen LogP contribution in [-0.2, 0) is 11.4 Å². The lowest BCUT2D eigenvalue weighted by atomic mass is 9.91. The molecule has 0 saturated heterocycles. The highest BCUT2D eigenvalue weighted by atomic mass is 32.1. The lowest BCUT2D eigenvalue weighted by Gasteiger charge is -2.15. The van der Waals surface area contributed by atoms with Crippen LogP contribution in [0.3, 0.4) is 0 Å². The molecule has 5 rings (SSSR count). The number of nitrogens with zero attached hydrogens (tertiary/aromatic N) is 1. The van der Waals surface area contributed by atoms with Gasteiger partial charge in [0.1, 0.15) is 29.6 Å². The van der Waals surface area contributed by atoms with Crippen molar-refractivity contribution in [2.75, 3.05) is 7.11 Å². The molecule has 2 aromatic heterocycles. The van der Waals surface area contributed by atoms with Gasteiger partial charge in [0.25, 0.3) is 0 Å². The van der Waals surface area contributed by atoms with Gasteiger partial charge in [0.05, 0.1) is 24.7 Å². The Balaban J connectivity index is 0.00000320. The SMILES string of the molecule is COc1ccc(F)c(-c2onc(COc3cccc([C@@H](CC(=O)O)C4CC4)c3)c2-c2ccc(C)s2)c1.S. The van der Waals surface area contributed by atoms with Crippen LogP contribution in [0.1, 0.15) is 41.3 Å². The molecule has 2 aromatic carbocycles. The Labute approximate surface area is 225 Å². The zero-order valence-corrected chi connectivity index (χ0v) is 22.3. The zero-order chi connectivity index (χ0) is 25.2. The molecule has 0 aliphatic heterocycles. The molecule has 1 atom stereocenters. The van der Waals surface area contributed by atoms with Gasteiger partial charge in [-0.1, -0.05) is 17.3 Å². The van der Waals surface area contributed by atoms with Crippen molar-refractivity contribution in [3.8, 4) is 33.3 Å². The summed E-state index contributed by atoms with van der Waals surface area (Å²) < 4.78 is 31.9. The van der Waals surface area contributed by atoms with Crippen molar-refractivity contribution in [1.29, 1.82) is 0 Å².